The first kappa shape index (κ1) is 7.19. The molecule has 2 rings (SSSR count). The third-order valence-electron chi connectivity index (χ3n) is 1.72. The van der Waals surface area contributed by atoms with Crippen molar-refractivity contribution in [1.82, 2.24) is 5.32 Å². The minimum atomic E-state index is 0.417. The fraction of sp³-hybridized carbons (Fsp3) is 0.222. The summed E-state index contributed by atoms with van der Waals surface area (Å²) < 4.78 is 0. The van der Waals surface area contributed by atoms with E-state index in [-0.39, 0.29) is 0 Å². The predicted octanol–water partition coefficient (Wildman–Crippen LogP) is 1.74. The van der Waals surface area contributed by atoms with Gasteiger partial charge in [0.25, 0.3) is 0 Å². The van der Waals surface area contributed by atoms with Crippen LogP contribution in [0.5, 0.6) is 0 Å². The van der Waals surface area contributed by atoms with E-state index in [4.69, 9.17) is 0 Å². The number of hydrogen-bond donors (Lipinski definition) is 1. The molecule has 0 aromatic carbocycles. The first-order valence-corrected chi connectivity index (χ1v) is 4.57. The molecule has 2 aliphatic rings. The minimum absolute atomic E-state index is 0.417. The monoisotopic (exact) mass is 163 g/mol. The molecular formula is C9H9NS. The van der Waals surface area contributed by atoms with Crippen LogP contribution in [0.25, 0.3) is 0 Å². The van der Waals surface area contributed by atoms with E-state index >= 15 is 0 Å². The summed E-state index contributed by atoms with van der Waals surface area (Å²) in [6.07, 6.45) is 10.5. The first-order valence-electron chi connectivity index (χ1n) is 3.63. The minimum Gasteiger partial charge on any atom is -0.296 e. The quantitative estimate of drug-likeness (QED) is 0.583. The van der Waals surface area contributed by atoms with Gasteiger partial charge in [-0.1, -0.05) is 30.4 Å². The largest absolute Gasteiger partial charge is 0.296 e. The third-order valence-corrected chi connectivity index (χ3v) is 2.78. The van der Waals surface area contributed by atoms with Crippen LogP contribution < -0.4 is 5.32 Å². The molecule has 0 amide bonds. The maximum atomic E-state index is 3.19. The van der Waals surface area contributed by atoms with Gasteiger partial charge < -0.3 is 0 Å². The highest BCUT2D eigenvalue weighted by Gasteiger charge is 2.18. The van der Waals surface area contributed by atoms with Gasteiger partial charge in [-0.3, -0.25) is 5.32 Å². The van der Waals surface area contributed by atoms with Crippen LogP contribution >= 0.6 is 11.8 Å². The predicted molar refractivity (Wildman–Crippen MR) is 49.0 cm³/mol. The van der Waals surface area contributed by atoms with Crippen molar-refractivity contribution in [3.05, 3.63) is 42.3 Å². The molecule has 1 aliphatic carbocycles. The lowest BCUT2D eigenvalue weighted by Gasteiger charge is -2.20. The van der Waals surface area contributed by atoms with Gasteiger partial charge in [-0.25, -0.2) is 0 Å². The van der Waals surface area contributed by atoms with E-state index in [0.717, 1.165) is 0 Å². The summed E-state index contributed by atoms with van der Waals surface area (Å²) in [4.78, 5) is 0. The first-order chi connectivity index (χ1) is 5.47. The van der Waals surface area contributed by atoms with Crippen LogP contribution in [0, 0.1) is 6.54 Å². The van der Waals surface area contributed by atoms with Gasteiger partial charge in [0, 0.05) is 11.3 Å². The zero-order chi connectivity index (χ0) is 7.52. The molecule has 1 heterocycles. The Morgan fingerprint density at radius 2 is 2.18 bits per heavy atom. The standard InChI is InChI=1S/C9H9NS/c1-2-5-9-8(4-1)10-6-3-7-11-9/h1-5,7-10H. The number of rotatable bonds is 0. The van der Waals surface area contributed by atoms with Crippen molar-refractivity contribution in [2.24, 2.45) is 0 Å². The second-order valence-corrected chi connectivity index (χ2v) is 3.58. The molecule has 0 fully saturated rings. The fourth-order valence-electron chi connectivity index (χ4n) is 1.16. The van der Waals surface area contributed by atoms with Crippen molar-refractivity contribution >= 4 is 11.8 Å². The van der Waals surface area contributed by atoms with E-state index in [2.05, 4.69) is 41.6 Å². The second-order valence-electron chi connectivity index (χ2n) is 2.49. The Labute approximate surface area is 71.3 Å². The van der Waals surface area contributed by atoms with Crippen LogP contribution in [0.2, 0.25) is 0 Å². The Bertz CT molecular complexity index is 218. The number of hydrogen-bond acceptors (Lipinski definition) is 2. The van der Waals surface area contributed by atoms with Crippen molar-refractivity contribution in [3.8, 4) is 0 Å². The highest BCUT2D eigenvalue weighted by atomic mass is 32.2. The molecule has 0 spiro atoms. The van der Waals surface area contributed by atoms with Gasteiger partial charge >= 0.3 is 0 Å². The van der Waals surface area contributed by atoms with Crippen molar-refractivity contribution in [2.45, 2.75) is 11.3 Å². The van der Waals surface area contributed by atoms with Crippen LogP contribution in [0.1, 0.15) is 0 Å². The lowest BCUT2D eigenvalue weighted by Crippen LogP contribution is -2.33. The molecule has 0 aromatic rings. The van der Waals surface area contributed by atoms with E-state index in [1.807, 2.05) is 17.8 Å². The summed E-state index contributed by atoms with van der Waals surface area (Å²) in [7, 11) is 0. The number of thioether (sulfide) groups is 1. The highest BCUT2D eigenvalue weighted by molar-refractivity contribution is 8.02. The molecule has 56 valence electrons. The molecule has 11 heavy (non-hydrogen) atoms. The summed E-state index contributed by atoms with van der Waals surface area (Å²) >= 11 is 1.82. The van der Waals surface area contributed by atoms with Gasteiger partial charge in [0.2, 0.25) is 0 Å². The van der Waals surface area contributed by atoms with E-state index in [1.165, 1.54) is 0 Å². The highest BCUT2D eigenvalue weighted by Crippen LogP contribution is 2.23. The van der Waals surface area contributed by atoms with Crippen LogP contribution in [-0.2, 0) is 0 Å². The molecule has 1 N–H and O–H groups in total. The average molecular weight is 163 g/mol. The molecule has 2 atom stereocenters. The van der Waals surface area contributed by atoms with Crippen molar-refractivity contribution in [3.63, 3.8) is 0 Å². The molecule has 1 aliphatic heterocycles. The third kappa shape index (κ3) is 1.57. The van der Waals surface area contributed by atoms with Crippen LogP contribution in [0.15, 0.2) is 35.8 Å². The fourth-order valence-corrected chi connectivity index (χ4v) is 1.99. The molecule has 2 unspecified atom stereocenters. The van der Waals surface area contributed by atoms with E-state index < -0.39 is 0 Å². The van der Waals surface area contributed by atoms with Crippen molar-refractivity contribution < 1.29 is 0 Å². The van der Waals surface area contributed by atoms with Gasteiger partial charge in [-0.2, -0.15) is 0 Å². The van der Waals surface area contributed by atoms with E-state index in [1.54, 1.807) is 0 Å². The van der Waals surface area contributed by atoms with Gasteiger partial charge in [0.05, 0.1) is 6.54 Å². The summed E-state index contributed by atoms with van der Waals surface area (Å²) in [5.41, 5.74) is 0. The van der Waals surface area contributed by atoms with Gasteiger partial charge in [-0.05, 0) is 5.41 Å². The SMILES string of the molecule is [C]1C=CSC2C=CC=CC2N1. The smallest absolute Gasteiger partial charge is 0.0865 e. The molecule has 0 saturated heterocycles. The second kappa shape index (κ2) is 3.28. The molecule has 0 aromatic heterocycles. The number of fused-ring (bicyclic) bond motifs is 1. The lowest BCUT2D eigenvalue weighted by atomic mass is 10.1. The molecule has 0 saturated carbocycles. The topological polar surface area (TPSA) is 12.0 Å². The zero-order valence-corrected chi connectivity index (χ0v) is 6.84. The number of nitrogens with one attached hydrogen (secondary N) is 1. The Morgan fingerprint density at radius 3 is 3.18 bits per heavy atom. The van der Waals surface area contributed by atoms with E-state index in [0.29, 0.717) is 11.3 Å². The summed E-state index contributed by atoms with van der Waals surface area (Å²) in [5, 5.41) is 5.79. The van der Waals surface area contributed by atoms with E-state index in [9.17, 15) is 0 Å². The zero-order valence-electron chi connectivity index (χ0n) is 6.03. The molecular weight excluding hydrogens is 154 g/mol. The van der Waals surface area contributed by atoms with Crippen LogP contribution in [-0.4, -0.2) is 11.3 Å². The molecule has 2 radical (unpaired) electrons. The lowest BCUT2D eigenvalue weighted by molar-refractivity contribution is 0.695. The maximum absolute atomic E-state index is 3.19. The summed E-state index contributed by atoms with van der Waals surface area (Å²) in [5.74, 6) is 0. The number of allylic oxidation sites excluding steroid dienone is 2. The average Bonchev–Trinajstić information content (AvgIpc) is 2.28. The Morgan fingerprint density at radius 1 is 1.27 bits per heavy atom. The van der Waals surface area contributed by atoms with Crippen molar-refractivity contribution in [2.75, 3.05) is 0 Å². The van der Waals surface area contributed by atoms with Crippen LogP contribution in [0.4, 0.5) is 0 Å². The Balaban J connectivity index is 2.13. The normalized spacial score (nSPS) is 34.9. The van der Waals surface area contributed by atoms with Gasteiger partial charge in [0.1, 0.15) is 0 Å². The Kier molecular flexibility index (Phi) is 2.15. The summed E-state index contributed by atoms with van der Waals surface area (Å²) in [6, 6.07) is 0.417. The summed E-state index contributed by atoms with van der Waals surface area (Å²) in [6.45, 7) is 3.01. The molecule has 1 nitrogen and oxygen atoms in total. The van der Waals surface area contributed by atoms with Gasteiger partial charge in [-0.15, -0.1) is 11.8 Å². The Hall–Kier alpha value is -0.470. The van der Waals surface area contributed by atoms with Crippen LogP contribution in [0.3, 0.4) is 0 Å². The molecule has 2 heteroatoms. The molecule has 0 bridgehead atoms. The van der Waals surface area contributed by atoms with Gasteiger partial charge in [0.15, 0.2) is 0 Å². The maximum Gasteiger partial charge on any atom is 0.0865 e. The van der Waals surface area contributed by atoms with Crippen molar-refractivity contribution in [1.29, 1.82) is 0 Å².